The van der Waals surface area contributed by atoms with Crippen LogP contribution in [0.25, 0.3) is 0 Å². The molecule has 2 aromatic rings. The third-order valence-corrected chi connectivity index (χ3v) is 4.67. The summed E-state index contributed by atoms with van der Waals surface area (Å²) >= 11 is 3.47. The second kappa shape index (κ2) is 5.35. The van der Waals surface area contributed by atoms with Crippen molar-refractivity contribution in [1.29, 1.82) is 0 Å². The van der Waals surface area contributed by atoms with E-state index in [4.69, 9.17) is 5.73 Å². The van der Waals surface area contributed by atoms with Gasteiger partial charge >= 0.3 is 0 Å². The Labute approximate surface area is 115 Å². The van der Waals surface area contributed by atoms with Crippen molar-refractivity contribution >= 4 is 40.2 Å². The van der Waals surface area contributed by atoms with Crippen molar-refractivity contribution in [1.82, 2.24) is 9.88 Å². The number of hydrogen-bond acceptors (Lipinski definition) is 5. The Bertz CT molecular complexity index is 494. The number of nitrogens with zero attached hydrogens (tertiary/aromatic N) is 2. The van der Waals surface area contributed by atoms with Crippen LogP contribution in [0.4, 0.5) is 5.13 Å². The molecule has 0 fully saturated rings. The maximum absolute atomic E-state index is 5.63. The van der Waals surface area contributed by atoms with E-state index in [0.29, 0.717) is 5.13 Å². The summed E-state index contributed by atoms with van der Waals surface area (Å²) in [4.78, 5) is 9.36. The lowest BCUT2D eigenvalue weighted by atomic mass is 10.1. The van der Waals surface area contributed by atoms with Gasteiger partial charge in [-0.3, -0.25) is 4.90 Å². The molecule has 0 bridgehead atoms. The number of nitrogens with two attached hydrogens (primary N) is 1. The van der Waals surface area contributed by atoms with Crippen LogP contribution < -0.4 is 5.73 Å². The lowest BCUT2D eigenvalue weighted by Crippen LogP contribution is -2.28. The van der Waals surface area contributed by atoms with E-state index >= 15 is 0 Å². The predicted octanol–water partition coefficient (Wildman–Crippen LogP) is 2.77. The molecule has 1 aliphatic heterocycles. The molecule has 0 spiro atoms. The Kier molecular flexibility index (Phi) is 4.04. The quantitative estimate of drug-likeness (QED) is 0.923. The number of thiazole rings is 1. The third kappa shape index (κ3) is 2.80. The van der Waals surface area contributed by atoms with Gasteiger partial charge in [0.1, 0.15) is 0 Å². The zero-order valence-corrected chi connectivity index (χ0v) is 11.7. The predicted molar refractivity (Wildman–Crippen MR) is 75.9 cm³/mol. The molecular formula is C11H14ClN3S2. The standard InChI is InChI=1S/C11H13N3S2.ClH/c12-11-13-5-9(16-11)7-14-3-1-10-8(6-14)2-4-15-10;/h2,4-5H,1,3,6-7H2,(H2,12,13);1H. The summed E-state index contributed by atoms with van der Waals surface area (Å²) in [5.74, 6) is 0. The lowest BCUT2D eigenvalue weighted by Gasteiger charge is -2.25. The van der Waals surface area contributed by atoms with Crippen LogP contribution in [0.3, 0.4) is 0 Å². The zero-order chi connectivity index (χ0) is 11.0. The number of fused-ring (bicyclic) bond motifs is 1. The molecule has 0 saturated heterocycles. The Morgan fingerprint density at radius 2 is 2.35 bits per heavy atom. The third-order valence-electron chi connectivity index (χ3n) is 2.84. The Morgan fingerprint density at radius 3 is 3.12 bits per heavy atom. The molecule has 0 unspecified atom stereocenters. The minimum atomic E-state index is 0. The molecule has 3 rings (SSSR count). The van der Waals surface area contributed by atoms with E-state index in [1.807, 2.05) is 17.5 Å². The van der Waals surface area contributed by atoms with Gasteiger partial charge in [-0.1, -0.05) is 0 Å². The highest BCUT2D eigenvalue weighted by Gasteiger charge is 2.17. The Hall–Kier alpha value is -0.620. The molecule has 2 N–H and O–H groups in total. The van der Waals surface area contributed by atoms with Crippen LogP contribution in [-0.4, -0.2) is 16.4 Å². The smallest absolute Gasteiger partial charge is 0.180 e. The highest BCUT2D eigenvalue weighted by molar-refractivity contribution is 7.15. The fourth-order valence-corrected chi connectivity index (χ4v) is 3.67. The Balaban J connectivity index is 0.00000108. The van der Waals surface area contributed by atoms with Gasteiger partial charge in [-0.15, -0.1) is 35.1 Å². The summed E-state index contributed by atoms with van der Waals surface area (Å²) in [7, 11) is 0. The van der Waals surface area contributed by atoms with Gasteiger partial charge in [0.15, 0.2) is 5.13 Å². The second-order valence-electron chi connectivity index (χ2n) is 3.99. The highest BCUT2D eigenvalue weighted by Crippen LogP contribution is 2.26. The van der Waals surface area contributed by atoms with Crippen molar-refractivity contribution in [3.63, 3.8) is 0 Å². The fourth-order valence-electron chi connectivity index (χ4n) is 2.06. The van der Waals surface area contributed by atoms with Crippen LogP contribution in [0.15, 0.2) is 17.6 Å². The summed E-state index contributed by atoms with van der Waals surface area (Å²) in [6.07, 6.45) is 3.07. The summed E-state index contributed by atoms with van der Waals surface area (Å²) in [6.45, 7) is 3.19. The summed E-state index contributed by atoms with van der Waals surface area (Å²) in [5, 5.41) is 2.86. The van der Waals surface area contributed by atoms with Gasteiger partial charge in [-0.05, 0) is 23.4 Å². The highest BCUT2D eigenvalue weighted by atomic mass is 35.5. The zero-order valence-electron chi connectivity index (χ0n) is 9.26. The molecule has 17 heavy (non-hydrogen) atoms. The van der Waals surface area contributed by atoms with Crippen molar-refractivity contribution in [2.24, 2.45) is 0 Å². The van der Waals surface area contributed by atoms with Gasteiger partial charge in [-0.2, -0.15) is 0 Å². The number of rotatable bonds is 2. The summed E-state index contributed by atoms with van der Waals surface area (Å²) in [6, 6.07) is 2.24. The topological polar surface area (TPSA) is 42.1 Å². The number of aromatic nitrogens is 1. The maximum Gasteiger partial charge on any atom is 0.180 e. The first kappa shape index (κ1) is 12.8. The van der Waals surface area contributed by atoms with E-state index in [2.05, 4.69) is 21.3 Å². The van der Waals surface area contributed by atoms with Crippen LogP contribution in [0.2, 0.25) is 0 Å². The monoisotopic (exact) mass is 287 g/mol. The molecule has 0 aromatic carbocycles. The maximum atomic E-state index is 5.63. The Morgan fingerprint density at radius 1 is 1.47 bits per heavy atom. The first-order valence-corrected chi connectivity index (χ1v) is 6.98. The molecule has 0 amide bonds. The van der Waals surface area contributed by atoms with Crippen LogP contribution in [0, 0.1) is 0 Å². The molecular weight excluding hydrogens is 274 g/mol. The average Bonchev–Trinajstić information content (AvgIpc) is 2.87. The van der Waals surface area contributed by atoms with Crippen LogP contribution in [0.5, 0.6) is 0 Å². The molecule has 92 valence electrons. The van der Waals surface area contributed by atoms with Crippen molar-refractivity contribution in [3.05, 3.63) is 33.0 Å². The van der Waals surface area contributed by atoms with E-state index in [-0.39, 0.29) is 12.4 Å². The van der Waals surface area contributed by atoms with Gasteiger partial charge in [-0.25, -0.2) is 4.98 Å². The molecule has 6 heteroatoms. The number of halogens is 1. The normalized spacial score (nSPS) is 15.3. The van der Waals surface area contributed by atoms with E-state index in [9.17, 15) is 0 Å². The largest absolute Gasteiger partial charge is 0.375 e. The molecule has 3 nitrogen and oxygen atoms in total. The SMILES string of the molecule is Cl.Nc1ncc(CN2CCc3sccc3C2)s1. The average molecular weight is 288 g/mol. The minimum absolute atomic E-state index is 0. The van der Waals surface area contributed by atoms with Crippen LogP contribution in [0.1, 0.15) is 15.3 Å². The van der Waals surface area contributed by atoms with E-state index in [0.717, 1.165) is 19.6 Å². The van der Waals surface area contributed by atoms with Gasteiger partial charge in [0.25, 0.3) is 0 Å². The molecule has 3 heterocycles. The molecule has 2 aromatic heterocycles. The fraction of sp³-hybridized carbons (Fsp3) is 0.364. The second-order valence-corrected chi connectivity index (χ2v) is 6.14. The van der Waals surface area contributed by atoms with E-state index in [1.54, 1.807) is 16.2 Å². The molecule has 0 radical (unpaired) electrons. The van der Waals surface area contributed by atoms with Crippen molar-refractivity contribution in [3.8, 4) is 0 Å². The number of nitrogen functional groups attached to an aromatic ring is 1. The number of thiophene rings is 1. The van der Waals surface area contributed by atoms with Crippen LogP contribution >= 0.6 is 35.1 Å². The van der Waals surface area contributed by atoms with E-state index in [1.165, 1.54) is 16.9 Å². The van der Waals surface area contributed by atoms with Gasteiger partial charge < -0.3 is 5.73 Å². The first-order chi connectivity index (χ1) is 7.81. The van der Waals surface area contributed by atoms with Crippen molar-refractivity contribution < 1.29 is 0 Å². The molecule has 0 atom stereocenters. The number of hydrogen-bond donors (Lipinski definition) is 1. The number of anilines is 1. The lowest BCUT2D eigenvalue weighted by molar-refractivity contribution is 0.249. The van der Waals surface area contributed by atoms with Gasteiger partial charge in [0.05, 0.1) is 0 Å². The van der Waals surface area contributed by atoms with Gasteiger partial charge in [0, 0.05) is 35.6 Å². The summed E-state index contributed by atoms with van der Waals surface area (Å²) in [5.41, 5.74) is 7.13. The molecule has 1 aliphatic rings. The van der Waals surface area contributed by atoms with Crippen LogP contribution in [-0.2, 0) is 19.5 Å². The first-order valence-electron chi connectivity index (χ1n) is 5.29. The summed E-state index contributed by atoms with van der Waals surface area (Å²) < 4.78 is 0. The minimum Gasteiger partial charge on any atom is -0.375 e. The van der Waals surface area contributed by atoms with Gasteiger partial charge in [0.2, 0.25) is 0 Å². The molecule has 0 aliphatic carbocycles. The van der Waals surface area contributed by atoms with E-state index < -0.39 is 0 Å². The van der Waals surface area contributed by atoms with Crippen molar-refractivity contribution in [2.45, 2.75) is 19.5 Å². The van der Waals surface area contributed by atoms with Crippen molar-refractivity contribution in [2.75, 3.05) is 12.3 Å². The molecule has 0 saturated carbocycles.